The molecule has 0 aliphatic carbocycles. The van der Waals surface area contributed by atoms with Crippen LogP contribution in [0.4, 0.5) is 21.5 Å². The number of nitro groups is 1. The van der Waals surface area contributed by atoms with E-state index in [2.05, 4.69) is 10.6 Å². The number of hydrogen-bond acceptors (Lipinski definition) is 5. The van der Waals surface area contributed by atoms with Gasteiger partial charge in [0, 0.05) is 28.3 Å². The number of halogens is 1. The van der Waals surface area contributed by atoms with Gasteiger partial charge in [0.2, 0.25) is 5.91 Å². The zero-order chi connectivity index (χ0) is 26.4. The van der Waals surface area contributed by atoms with Crippen LogP contribution in [0.2, 0.25) is 0 Å². The maximum absolute atomic E-state index is 13.4. The zero-order valence-corrected chi connectivity index (χ0v) is 20.5. The lowest BCUT2D eigenvalue weighted by atomic mass is 10.1. The Hall–Kier alpha value is -4.50. The summed E-state index contributed by atoms with van der Waals surface area (Å²) in [6.07, 6.45) is 0. The average Bonchev–Trinajstić information content (AvgIpc) is 2.89. The fraction of sp³-hybridized carbons (Fsp3) is 0.0714. The van der Waals surface area contributed by atoms with Gasteiger partial charge in [0.1, 0.15) is 11.1 Å². The van der Waals surface area contributed by atoms with Gasteiger partial charge in [-0.2, -0.15) is 0 Å². The summed E-state index contributed by atoms with van der Waals surface area (Å²) in [5.41, 5.74) is 2.51. The van der Waals surface area contributed by atoms with Crippen molar-refractivity contribution in [2.45, 2.75) is 17.1 Å². The molecule has 0 aromatic heterocycles. The van der Waals surface area contributed by atoms with Crippen molar-refractivity contribution in [2.24, 2.45) is 0 Å². The lowest BCUT2D eigenvalue weighted by Crippen LogP contribution is -2.19. The third kappa shape index (κ3) is 6.59. The van der Waals surface area contributed by atoms with Crippen molar-refractivity contribution in [1.82, 2.24) is 0 Å². The zero-order valence-electron chi connectivity index (χ0n) is 19.7. The van der Waals surface area contributed by atoms with Gasteiger partial charge < -0.3 is 10.6 Å². The van der Waals surface area contributed by atoms with E-state index in [9.17, 15) is 24.1 Å². The van der Waals surface area contributed by atoms with E-state index in [-0.39, 0.29) is 17.5 Å². The third-order valence-electron chi connectivity index (χ3n) is 5.48. The quantitative estimate of drug-likeness (QED) is 0.153. The Labute approximate surface area is 216 Å². The molecule has 0 bridgehead atoms. The first-order valence-electron chi connectivity index (χ1n) is 11.2. The molecule has 4 aromatic rings. The Bertz CT molecular complexity index is 1450. The molecule has 0 aliphatic heterocycles. The highest BCUT2D eigenvalue weighted by Crippen LogP contribution is 2.37. The van der Waals surface area contributed by atoms with Gasteiger partial charge in [-0.05, 0) is 60.5 Å². The molecule has 9 heteroatoms. The predicted molar refractivity (Wildman–Crippen MR) is 142 cm³/mol. The van der Waals surface area contributed by atoms with Gasteiger partial charge in [-0.3, -0.25) is 19.7 Å². The lowest BCUT2D eigenvalue weighted by Gasteiger charge is -2.18. The molecule has 0 heterocycles. The minimum Gasteiger partial charge on any atom is -0.324 e. The molecule has 4 rings (SSSR count). The van der Waals surface area contributed by atoms with Gasteiger partial charge in [0.15, 0.2) is 0 Å². The normalized spacial score (nSPS) is 11.4. The van der Waals surface area contributed by atoms with Crippen LogP contribution in [0, 0.1) is 22.9 Å². The minimum atomic E-state index is -0.678. The number of non-ortho nitro benzene ring substituents is 1. The maximum Gasteiger partial charge on any atom is 0.271 e. The van der Waals surface area contributed by atoms with E-state index < -0.39 is 16.0 Å². The second-order valence-electron chi connectivity index (χ2n) is 8.14. The molecule has 0 aliphatic rings. The average molecular weight is 516 g/mol. The van der Waals surface area contributed by atoms with Gasteiger partial charge >= 0.3 is 0 Å². The van der Waals surface area contributed by atoms with Crippen molar-refractivity contribution in [3.05, 3.63) is 130 Å². The summed E-state index contributed by atoms with van der Waals surface area (Å²) >= 11 is 1.28. The maximum atomic E-state index is 13.4. The summed E-state index contributed by atoms with van der Waals surface area (Å²) in [7, 11) is 0. The summed E-state index contributed by atoms with van der Waals surface area (Å²) in [5, 5.41) is 16.1. The number of amides is 2. The van der Waals surface area contributed by atoms with Gasteiger partial charge in [-0.25, -0.2) is 4.39 Å². The molecular formula is C28H22FN3O4S. The molecule has 0 saturated heterocycles. The molecule has 186 valence electrons. The number of hydrogen-bond donors (Lipinski definition) is 2. The van der Waals surface area contributed by atoms with E-state index in [1.165, 1.54) is 48.2 Å². The number of rotatable bonds is 8. The van der Waals surface area contributed by atoms with E-state index >= 15 is 0 Å². The summed E-state index contributed by atoms with van der Waals surface area (Å²) < 4.78 is 13.2. The van der Waals surface area contributed by atoms with Gasteiger partial charge in [-0.15, -0.1) is 11.8 Å². The molecule has 0 fully saturated rings. The highest BCUT2D eigenvalue weighted by atomic mass is 32.2. The van der Waals surface area contributed by atoms with Crippen LogP contribution in [0.1, 0.15) is 26.7 Å². The number of thioether (sulfide) groups is 1. The smallest absolute Gasteiger partial charge is 0.271 e. The highest BCUT2D eigenvalue weighted by Gasteiger charge is 2.23. The van der Waals surface area contributed by atoms with Crippen molar-refractivity contribution in [3.63, 3.8) is 0 Å². The van der Waals surface area contributed by atoms with E-state index in [1.807, 2.05) is 36.4 Å². The van der Waals surface area contributed by atoms with Crippen LogP contribution in [0.15, 0.2) is 102 Å². The number of carbonyl (C=O) groups is 2. The first kappa shape index (κ1) is 25.6. The number of nitro benzene ring substituents is 1. The number of aryl methyl sites for hydroxylation is 1. The monoisotopic (exact) mass is 515 g/mol. The standard InChI is InChI=1S/C28H22FN3O4S/c1-18-10-15-23(32(35)36)17-25(18)31-28(34)26(19-6-3-2-4-7-19)37-24-9-5-8-22(16-24)30-27(33)20-11-13-21(29)14-12-20/h2-17,26H,1H3,(H,30,33)(H,31,34). The topological polar surface area (TPSA) is 101 Å². The Morgan fingerprint density at radius 1 is 0.892 bits per heavy atom. The van der Waals surface area contributed by atoms with Crippen molar-refractivity contribution >= 4 is 40.6 Å². The predicted octanol–water partition coefficient (Wildman–Crippen LogP) is 6.77. The number of nitrogens with zero attached hydrogens (tertiary/aromatic N) is 1. The fourth-order valence-corrected chi connectivity index (χ4v) is 4.63. The summed E-state index contributed by atoms with van der Waals surface area (Å²) in [5.74, 6) is -1.17. The fourth-order valence-electron chi connectivity index (χ4n) is 3.55. The molecule has 0 spiro atoms. The van der Waals surface area contributed by atoms with Crippen molar-refractivity contribution in [1.29, 1.82) is 0 Å². The Morgan fingerprint density at radius 3 is 2.32 bits per heavy atom. The highest BCUT2D eigenvalue weighted by molar-refractivity contribution is 8.00. The number of benzene rings is 4. The van der Waals surface area contributed by atoms with E-state index in [4.69, 9.17) is 0 Å². The largest absolute Gasteiger partial charge is 0.324 e. The number of anilines is 2. The minimum absolute atomic E-state index is 0.116. The molecule has 4 aromatic carbocycles. The second-order valence-corrected chi connectivity index (χ2v) is 9.32. The molecule has 0 saturated carbocycles. The van der Waals surface area contributed by atoms with Crippen LogP contribution in [-0.2, 0) is 4.79 Å². The third-order valence-corrected chi connectivity index (χ3v) is 6.73. The Kier molecular flexibility index (Phi) is 7.95. The van der Waals surface area contributed by atoms with E-state index in [0.29, 0.717) is 22.5 Å². The summed E-state index contributed by atoms with van der Waals surface area (Å²) in [6, 6.07) is 25.7. The molecule has 2 amide bonds. The molecule has 1 atom stereocenters. The van der Waals surface area contributed by atoms with Crippen LogP contribution in [0.3, 0.4) is 0 Å². The molecule has 1 unspecified atom stereocenters. The number of nitrogens with one attached hydrogen (secondary N) is 2. The van der Waals surface area contributed by atoms with E-state index in [0.717, 1.165) is 10.5 Å². The Balaban J connectivity index is 1.56. The van der Waals surface area contributed by atoms with Gasteiger partial charge in [-0.1, -0.05) is 42.5 Å². The van der Waals surface area contributed by atoms with Gasteiger partial charge in [0.05, 0.1) is 10.6 Å². The van der Waals surface area contributed by atoms with Crippen molar-refractivity contribution < 1.29 is 18.9 Å². The van der Waals surface area contributed by atoms with Crippen LogP contribution in [0.25, 0.3) is 0 Å². The lowest BCUT2D eigenvalue weighted by molar-refractivity contribution is -0.384. The SMILES string of the molecule is Cc1ccc([N+](=O)[O-])cc1NC(=O)C(Sc1cccc(NC(=O)c2ccc(F)cc2)c1)c1ccccc1. The molecule has 0 radical (unpaired) electrons. The second kappa shape index (κ2) is 11.5. The van der Waals surface area contributed by atoms with Gasteiger partial charge in [0.25, 0.3) is 11.6 Å². The first-order chi connectivity index (χ1) is 17.8. The van der Waals surface area contributed by atoms with Crippen LogP contribution < -0.4 is 10.6 Å². The van der Waals surface area contributed by atoms with Crippen LogP contribution in [-0.4, -0.2) is 16.7 Å². The molecule has 7 nitrogen and oxygen atoms in total. The molecular weight excluding hydrogens is 493 g/mol. The van der Waals surface area contributed by atoms with E-state index in [1.54, 1.807) is 31.2 Å². The summed E-state index contributed by atoms with van der Waals surface area (Å²) in [6.45, 7) is 1.76. The Morgan fingerprint density at radius 2 is 1.62 bits per heavy atom. The molecule has 2 N–H and O–H groups in total. The van der Waals surface area contributed by atoms with Crippen LogP contribution in [0.5, 0.6) is 0 Å². The summed E-state index contributed by atoms with van der Waals surface area (Å²) in [4.78, 5) is 37.4. The number of carbonyl (C=O) groups excluding carboxylic acids is 2. The van der Waals surface area contributed by atoms with Crippen molar-refractivity contribution in [3.8, 4) is 0 Å². The van der Waals surface area contributed by atoms with Crippen LogP contribution >= 0.6 is 11.8 Å². The molecule has 37 heavy (non-hydrogen) atoms. The first-order valence-corrected chi connectivity index (χ1v) is 12.1. The van der Waals surface area contributed by atoms with Crippen molar-refractivity contribution in [2.75, 3.05) is 10.6 Å².